The second-order valence-corrected chi connectivity index (χ2v) is 7.72. The van der Waals surface area contributed by atoms with Crippen LogP contribution in [0.25, 0.3) is 0 Å². The lowest BCUT2D eigenvalue weighted by molar-refractivity contribution is -0.141. The van der Waals surface area contributed by atoms with Gasteiger partial charge in [0.15, 0.2) is 11.5 Å². The van der Waals surface area contributed by atoms with Gasteiger partial charge in [0.1, 0.15) is 6.04 Å². The quantitative estimate of drug-likeness (QED) is 0.435. The van der Waals surface area contributed by atoms with E-state index in [2.05, 4.69) is 11.9 Å². The van der Waals surface area contributed by atoms with Crippen molar-refractivity contribution >= 4 is 11.8 Å². The summed E-state index contributed by atoms with van der Waals surface area (Å²) in [5.74, 6) is 0.693. The van der Waals surface area contributed by atoms with Gasteiger partial charge in [0.25, 0.3) is 0 Å². The van der Waals surface area contributed by atoms with Gasteiger partial charge < -0.3 is 19.7 Å². The van der Waals surface area contributed by atoms with Crippen LogP contribution in [0.15, 0.2) is 91.5 Å². The minimum Gasteiger partial charge on any atom is -0.493 e. The summed E-state index contributed by atoms with van der Waals surface area (Å²) in [5.41, 5.74) is 2.43. The Bertz CT molecular complexity index is 1100. The molecule has 0 aliphatic carbocycles. The molecule has 0 saturated heterocycles. The van der Waals surface area contributed by atoms with Crippen molar-refractivity contribution in [1.29, 1.82) is 0 Å². The van der Waals surface area contributed by atoms with Crippen molar-refractivity contribution in [2.24, 2.45) is 0 Å². The van der Waals surface area contributed by atoms with Gasteiger partial charge in [-0.15, -0.1) is 6.58 Å². The molecule has 0 aromatic heterocycles. The zero-order valence-corrected chi connectivity index (χ0v) is 19.6. The monoisotopic (exact) mass is 458 g/mol. The Kier molecular flexibility index (Phi) is 8.86. The van der Waals surface area contributed by atoms with Crippen LogP contribution in [0.2, 0.25) is 0 Å². The number of carbonyl (C=O) groups excluding carboxylic acids is 2. The molecule has 0 heterocycles. The van der Waals surface area contributed by atoms with Crippen molar-refractivity contribution in [1.82, 2.24) is 10.2 Å². The normalized spacial score (nSPS) is 11.2. The standard InChI is InChI=1S/C28H30N2O4/c1-4-17-29-28(32)27(23-13-9-6-10-14-23)30(20-21-11-7-5-8-12-21)26(31)19-22-15-16-24(33-2)25(18-22)34-3/h4-16,18,27H,1,17,19-20H2,2-3H3,(H,29,32)/t27-/m0/s1. The fraction of sp³-hybridized carbons (Fsp3) is 0.214. The number of hydrogen-bond acceptors (Lipinski definition) is 4. The molecule has 0 spiro atoms. The van der Waals surface area contributed by atoms with Gasteiger partial charge in [0.2, 0.25) is 11.8 Å². The molecule has 34 heavy (non-hydrogen) atoms. The summed E-state index contributed by atoms with van der Waals surface area (Å²) in [6.07, 6.45) is 1.72. The number of methoxy groups -OCH3 is 2. The number of nitrogens with zero attached hydrogens (tertiary/aromatic N) is 1. The number of amides is 2. The number of carbonyl (C=O) groups is 2. The first-order valence-electron chi connectivity index (χ1n) is 11.0. The average molecular weight is 459 g/mol. The molecule has 0 bridgehead atoms. The maximum Gasteiger partial charge on any atom is 0.247 e. The van der Waals surface area contributed by atoms with E-state index in [1.54, 1.807) is 37.3 Å². The molecule has 0 aliphatic rings. The molecule has 3 rings (SSSR count). The molecule has 0 radical (unpaired) electrons. The van der Waals surface area contributed by atoms with Crippen LogP contribution in [0.3, 0.4) is 0 Å². The highest BCUT2D eigenvalue weighted by Gasteiger charge is 2.31. The predicted octanol–water partition coefficient (Wildman–Crippen LogP) is 4.32. The van der Waals surface area contributed by atoms with E-state index in [-0.39, 0.29) is 24.8 Å². The fourth-order valence-corrected chi connectivity index (χ4v) is 3.75. The van der Waals surface area contributed by atoms with Crippen LogP contribution in [0.4, 0.5) is 0 Å². The highest BCUT2D eigenvalue weighted by molar-refractivity contribution is 5.89. The minimum atomic E-state index is -0.797. The highest BCUT2D eigenvalue weighted by atomic mass is 16.5. The van der Waals surface area contributed by atoms with Crippen molar-refractivity contribution in [2.45, 2.75) is 19.0 Å². The Morgan fingerprint density at radius 1 is 0.912 bits per heavy atom. The first-order valence-corrected chi connectivity index (χ1v) is 11.0. The highest BCUT2D eigenvalue weighted by Crippen LogP contribution is 2.29. The van der Waals surface area contributed by atoms with Crippen LogP contribution in [-0.4, -0.2) is 37.5 Å². The molecule has 1 atom stereocenters. The predicted molar refractivity (Wildman–Crippen MR) is 133 cm³/mol. The van der Waals surface area contributed by atoms with Crippen LogP contribution >= 0.6 is 0 Å². The first kappa shape index (κ1) is 24.6. The van der Waals surface area contributed by atoms with Crippen molar-refractivity contribution in [2.75, 3.05) is 20.8 Å². The van der Waals surface area contributed by atoms with E-state index in [1.165, 1.54) is 0 Å². The van der Waals surface area contributed by atoms with Crippen LogP contribution in [0.1, 0.15) is 22.7 Å². The largest absolute Gasteiger partial charge is 0.493 e. The summed E-state index contributed by atoms with van der Waals surface area (Å²) < 4.78 is 10.7. The van der Waals surface area contributed by atoms with E-state index in [0.29, 0.717) is 18.0 Å². The van der Waals surface area contributed by atoms with Gasteiger partial charge >= 0.3 is 0 Å². The second-order valence-electron chi connectivity index (χ2n) is 7.72. The van der Waals surface area contributed by atoms with E-state index < -0.39 is 6.04 Å². The van der Waals surface area contributed by atoms with Crippen molar-refractivity contribution in [3.8, 4) is 11.5 Å². The summed E-state index contributed by atoms with van der Waals surface area (Å²) in [4.78, 5) is 28.6. The Morgan fingerprint density at radius 3 is 2.18 bits per heavy atom. The maximum absolute atomic E-state index is 13.7. The number of hydrogen-bond donors (Lipinski definition) is 1. The molecule has 0 aliphatic heterocycles. The Morgan fingerprint density at radius 2 is 1.56 bits per heavy atom. The fourth-order valence-electron chi connectivity index (χ4n) is 3.75. The third-order valence-electron chi connectivity index (χ3n) is 5.42. The van der Waals surface area contributed by atoms with Crippen molar-refractivity contribution in [3.63, 3.8) is 0 Å². The van der Waals surface area contributed by atoms with Crippen LogP contribution < -0.4 is 14.8 Å². The van der Waals surface area contributed by atoms with Gasteiger partial charge in [-0.2, -0.15) is 0 Å². The zero-order valence-electron chi connectivity index (χ0n) is 19.6. The van der Waals surface area contributed by atoms with E-state index in [0.717, 1.165) is 16.7 Å². The molecule has 3 aromatic carbocycles. The SMILES string of the molecule is C=CCNC(=O)[C@H](c1ccccc1)N(Cc1ccccc1)C(=O)Cc1ccc(OC)c(OC)c1. The topological polar surface area (TPSA) is 67.9 Å². The van der Waals surface area contributed by atoms with E-state index in [1.807, 2.05) is 66.7 Å². The average Bonchev–Trinajstić information content (AvgIpc) is 2.88. The van der Waals surface area contributed by atoms with Crippen molar-refractivity contribution in [3.05, 3.63) is 108 Å². The number of benzene rings is 3. The molecular formula is C28H30N2O4. The Labute approximate surface area is 200 Å². The van der Waals surface area contributed by atoms with Gasteiger partial charge in [-0.3, -0.25) is 9.59 Å². The molecule has 6 heteroatoms. The van der Waals surface area contributed by atoms with Gasteiger partial charge in [-0.25, -0.2) is 0 Å². The van der Waals surface area contributed by atoms with Gasteiger partial charge in [-0.05, 0) is 28.8 Å². The third-order valence-corrected chi connectivity index (χ3v) is 5.42. The molecule has 3 aromatic rings. The smallest absolute Gasteiger partial charge is 0.247 e. The van der Waals surface area contributed by atoms with Crippen LogP contribution in [0, 0.1) is 0 Å². The van der Waals surface area contributed by atoms with Gasteiger partial charge in [0, 0.05) is 13.1 Å². The number of nitrogens with one attached hydrogen (secondary N) is 1. The summed E-state index contributed by atoms with van der Waals surface area (Å²) >= 11 is 0. The zero-order chi connectivity index (χ0) is 24.3. The first-order chi connectivity index (χ1) is 16.6. The van der Waals surface area contributed by atoms with Crippen LogP contribution in [0.5, 0.6) is 11.5 Å². The van der Waals surface area contributed by atoms with E-state index >= 15 is 0 Å². The molecule has 0 fully saturated rings. The lowest BCUT2D eigenvalue weighted by Gasteiger charge is -2.31. The van der Waals surface area contributed by atoms with E-state index in [4.69, 9.17) is 9.47 Å². The second kappa shape index (κ2) is 12.3. The Hall–Kier alpha value is -4.06. The summed E-state index contributed by atoms with van der Waals surface area (Å²) in [6.45, 7) is 4.28. The summed E-state index contributed by atoms with van der Waals surface area (Å²) in [7, 11) is 3.12. The number of rotatable bonds is 11. The molecule has 6 nitrogen and oxygen atoms in total. The lowest BCUT2D eigenvalue weighted by Crippen LogP contribution is -2.44. The molecular weight excluding hydrogens is 428 g/mol. The molecule has 2 amide bonds. The van der Waals surface area contributed by atoms with Gasteiger partial charge in [0.05, 0.1) is 20.6 Å². The third kappa shape index (κ3) is 6.25. The number of ether oxygens (including phenoxy) is 2. The Balaban J connectivity index is 1.99. The minimum absolute atomic E-state index is 0.102. The van der Waals surface area contributed by atoms with E-state index in [9.17, 15) is 9.59 Å². The van der Waals surface area contributed by atoms with Crippen LogP contribution in [-0.2, 0) is 22.6 Å². The molecule has 176 valence electrons. The van der Waals surface area contributed by atoms with Gasteiger partial charge in [-0.1, -0.05) is 72.8 Å². The van der Waals surface area contributed by atoms with Crippen molar-refractivity contribution < 1.29 is 19.1 Å². The summed E-state index contributed by atoms with van der Waals surface area (Å²) in [5, 5.41) is 2.86. The maximum atomic E-state index is 13.7. The molecule has 1 N–H and O–H groups in total. The molecule has 0 saturated carbocycles. The summed E-state index contributed by atoms with van der Waals surface area (Å²) in [6, 6.07) is 23.6. The molecule has 0 unspecified atom stereocenters. The lowest BCUT2D eigenvalue weighted by atomic mass is 10.0.